The Morgan fingerprint density at radius 2 is 2.00 bits per heavy atom. The van der Waals surface area contributed by atoms with Crippen LogP contribution in [0.15, 0.2) is 24.3 Å². The van der Waals surface area contributed by atoms with Crippen molar-refractivity contribution in [3.05, 3.63) is 29.8 Å². The second-order valence-electron chi connectivity index (χ2n) is 6.62. The van der Waals surface area contributed by atoms with E-state index in [2.05, 4.69) is 21.6 Å². The summed E-state index contributed by atoms with van der Waals surface area (Å²) in [5.74, 6) is 1.83. The lowest BCUT2D eigenvalue weighted by atomic mass is 10.1. The predicted octanol–water partition coefficient (Wildman–Crippen LogP) is 1.27. The van der Waals surface area contributed by atoms with Gasteiger partial charge >= 0.3 is 0 Å². The highest BCUT2D eigenvalue weighted by Gasteiger charge is 2.17. The summed E-state index contributed by atoms with van der Waals surface area (Å²) in [5.41, 5.74) is 7.68. The molecule has 25 heavy (non-hydrogen) atoms. The number of nitrogens with one attached hydrogen (secondary N) is 2. The van der Waals surface area contributed by atoms with Crippen molar-refractivity contribution in [1.29, 1.82) is 0 Å². The average molecular weight is 365 g/mol. The van der Waals surface area contributed by atoms with Crippen LogP contribution >= 0.6 is 11.8 Å². The van der Waals surface area contributed by atoms with Gasteiger partial charge in [-0.05, 0) is 23.6 Å². The molecule has 0 aromatic heterocycles. The molecule has 1 aromatic carbocycles. The Hall–Kier alpha value is -1.57. The van der Waals surface area contributed by atoms with Gasteiger partial charge in [0.05, 0.1) is 12.6 Å². The van der Waals surface area contributed by atoms with Crippen molar-refractivity contribution in [2.45, 2.75) is 26.4 Å². The van der Waals surface area contributed by atoms with E-state index in [0.29, 0.717) is 0 Å². The smallest absolute Gasteiger partial charge is 0.243 e. The number of carbonyl (C=O) groups excluding carboxylic acids is 2. The third-order valence-corrected chi connectivity index (χ3v) is 5.11. The van der Waals surface area contributed by atoms with Crippen LogP contribution in [0.5, 0.6) is 0 Å². The molecule has 2 rings (SSSR count). The van der Waals surface area contributed by atoms with E-state index in [-0.39, 0.29) is 24.3 Å². The van der Waals surface area contributed by atoms with Gasteiger partial charge in [0.25, 0.3) is 0 Å². The highest BCUT2D eigenvalue weighted by Crippen LogP contribution is 2.16. The molecule has 2 amide bonds. The quantitative estimate of drug-likeness (QED) is 0.678. The number of rotatable bonds is 7. The highest BCUT2D eigenvalue weighted by molar-refractivity contribution is 7.99. The molecule has 0 saturated carbocycles. The molecule has 0 bridgehead atoms. The van der Waals surface area contributed by atoms with Crippen LogP contribution in [0.2, 0.25) is 0 Å². The molecule has 1 aliphatic heterocycles. The Balaban J connectivity index is 1.82. The van der Waals surface area contributed by atoms with Crippen molar-refractivity contribution in [2.75, 3.05) is 36.5 Å². The first kappa shape index (κ1) is 19.8. The molecule has 1 heterocycles. The van der Waals surface area contributed by atoms with Crippen LogP contribution in [0.25, 0.3) is 0 Å². The molecule has 0 spiro atoms. The lowest BCUT2D eigenvalue weighted by molar-refractivity contribution is -0.125. The predicted molar refractivity (Wildman–Crippen MR) is 103 cm³/mol. The van der Waals surface area contributed by atoms with Gasteiger partial charge in [0.1, 0.15) is 0 Å². The van der Waals surface area contributed by atoms with Crippen LogP contribution in [0, 0.1) is 5.92 Å². The van der Waals surface area contributed by atoms with Gasteiger partial charge in [0, 0.05) is 36.8 Å². The molecule has 1 atom stereocenters. The van der Waals surface area contributed by atoms with Gasteiger partial charge in [-0.2, -0.15) is 11.8 Å². The molecule has 6 nitrogen and oxygen atoms in total. The lowest BCUT2D eigenvalue weighted by Gasteiger charge is -2.26. The van der Waals surface area contributed by atoms with E-state index in [9.17, 15) is 9.59 Å². The SMILES string of the molecule is CC(C)[C@H](N)C(=O)NCC(=O)Nc1cccc(CN2CCSCC2)c1. The van der Waals surface area contributed by atoms with Gasteiger partial charge in [0.2, 0.25) is 11.8 Å². The Morgan fingerprint density at radius 1 is 1.28 bits per heavy atom. The Morgan fingerprint density at radius 3 is 2.68 bits per heavy atom. The highest BCUT2D eigenvalue weighted by atomic mass is 32.2. The van der Waals surface area contributed by atoms with Crippen molar-refractivity contribution in [1.82, 2.24) is 10.2 Å². The second-order valence-corrected chi connectivity index (χ2v) is 7.85. The largest absolute Gasteiger partial charge is 0.346 e. The monoisotopic (exact) mass is 364 g/mol. The van der Waals surface area contributed by atoms with Crippen LogP contribution in [-0.2, 0) is 16.1 Å². The van der Waals surface area contributed by atoms with E-state index in [1.807, 2.05) is 43.8 Å². The molecule has 138 valence electrons. The Labute approximate surface area is 153 Å². The summed E-state index contributed by atoms with van der Waals surface area (Å²) in [6, 6.07) is 7.26. The van der Waals surface area contributed by atoms with E-state index < -0.39 is 6.04 Å². The maximum absolute atomic E-state index is 12.0. The summed E-state index contributed by atoms with van der Waals surface area (Å²) in [5, 5.41) is 5.40. The minimum atomic E-state index is -0.598. The number of benzene rings is 1. The Kier molecular flexibility index (Phi) is 7.74. The number of amides is 2. The lowest BCUT2D eigenvalue weighted by Crippen LogP contribution is -2.46. The van der Waals surface area contributed by atoms with E-state index in [1.54, 1.807) is 0 Å². The fourth-order valence-corrected chi connectivity index (χ4v) is 3.54. The number of carbonyl (C=O) groups is 2. The summed E-state index contributed by atoms with van der Waals surface area (Å²) in [4.78, 5) is 26.2. The van der Waals surface area contributed by atoms with Gasteiger partial charge in [-0.3, -0.25) is 14.5 Å². The number of hydrogen-bond donors (Lipinski definition) is 3. The zero-order valence-electron chi connectivity index (χ0n) is 15.0. The molecule has 1 saturated heterocycles. The molecular formula is C18H28N4O2S. The maximum atomic E-state index is 12.0. The van der Waals surface area contributed by atoms with Gasteiger partial charge in [-0.15, -0.1) is 0 Å². The minimum absolute atomic E-state index is 0.0351. The third-order valence-electron chi connectivity index (χ3n) is 4.16. The van der Waals surface area contributed by atoms with E-state index in [1.165, 1.54) is 17.1 Å². The molecule has 1 aliphatic rings. The van der Waals surface area contributed by atoms with Gasteiger partial charge in [-0.25, -0.2) is 0 Å². The second kappa shape index (κ2) is 9.79. The van der Waals surface area contributed by atoms with Crippen LogP contribution < -0.4 is 16.4 Å². The standard InChI is InChI=1S/C18H28N4O2S/c1-13(2)17(19)18(24)20-11-16(23)21-15-5-3-4-14(10-15)12-22-6-8-25-9-7-22/h3-5,10,13,17H,6-9,11-12,19H2,1-2H3,(H,20,24)(H,21,23)/t17-/m0/s1. The van der Waals surface area contributed by atoms with Crippen molar-refractivity contribution < 1.29 is 9.59 Å². The number of thioether (sulfide) groups is 1. The summed E-state index contributed by atoms with van der Waals surface area (Å²) in [7, 11) is 0. The van der Waals surface area contributed by atoms with Crippen molar-refractivity contribution in [2.24, 2.45) is 11.7 Å². The number of nitrogens with two attached hydrogens (primary N) is 1. The molecule has 1 aromatic rings. The van der Waals surface area contributed by atoms with Crippen LogP contribution in [-0.4, -0.2) is 53.9 Å². The molecule has 0 radical (unpaired) electrons. The van der Waals surface area contributed by atoms with Crippen LogP contribution in [0.3, 0.4) is 0 Å². The summed E-state index contributed by atoms with van der Waals surface area (Å²) < 4.78 is 0. The molecule has 4 N–H and O–H groups in total. The van der Waals surface area contributed by atoms with Gasteiger partial charge < -0.3 is 16.4 Å². The summed E-state index contributed by atoms with van der Waals surface area (Å²) in [6.45, 7) is 6.76. The maximum Gasteiger partial charge on any atom is 0.243 e. The summed E-state index contributed by atoms with van der Waals surface area (Å²) >= 11 is 1.99. The molecule has 0 unspecified atom stereocenters. The average Bonchev–Trinajstić information content (AvgIpc) is 2.60. The zero-order chi connectivity index (χ0) is 18.2. The van der Waals surface area contributed by atoms with Crippen molar-refractivity contribution in [3.8, 4) is 0 Å². The first-order chi connectivity index (χ1) is 12.0. The molecular weight excluding hydrogens is 336 g/mol. The molecule has 0 aliphatic carbocycles. The summed E-state index contributed by atoms with van der Waals surface area (Å²) in [6.07, 6.45) is 0. The fraction of sp³-hybridized carbons (Fsp3) is 0.556. The minimum Gasteiger partial charge on any atom is -0.346 e. The Bertz CT molecular complexity index is 588. The number of hydrogen-bond acceptors (Lipinski definition) is 5. The van der Waals surface area contributed by atoms with Crippen LogP contribution in [0.1, 0.15) is 19.4 Å². The van der Waals surface area contributed by atoms with Crippen molar-refractivity contribution in [3.63, 3.8) is 0 Å². The van der Waals surface area contributed by atoms with Gasteiger partial charge in [-0.1, -0.05) is 26.0 Å². The first-order valence-electron chi connectivity index (χ1n) is 8.68. The number of nitrogens with zero attached hydrogens (tertiary/aromatic N) is 1. The van der Waals surface area contributed by atoms with Crippen molar-refractivity contribution >= 4 is 29.3 Å². The fourth-order valence-electron chi connectivity index (χ4n) is 2.56. The van der Waals surface area contributed by atoms with E-state index >= 15 is 0 Å². The van der Waals surface area contributed by atoms with Crippen LogP contribution in [0.4, 0.5) is 5.69 Å². The topological polar surface area (TPSA) is 87.5 Å². The van der Waals surface area contributed by atoms with E-state index in [4.69, 9.17) is 5.73 Å². The molecule has 1 fully saturated rings. The third kappa shape index (κ3) is 6.68. The van der Waals surface area contributed by atoms with Gasteiger partial charge in [0.15, 0.2) is 0 Å². The first-order valence-corrected chi connectivity index (χ1v) is 9.83. The molecule has 7 heteroatoms. The zero-order valence-corrected chi connectivity index (χ0v) is 15.8. The van der Waals surface area contributed by atoms with E-state index in [0.717, 1.165) is 25.3 Å². The normalized spacial score (nSPS) is 16.5. The number of anilines is 1.